The van der Waals surface area contributed by atoms with Crippen LogP contribution in [0.15, 0.2) is 18.2 Å². The van der Waals surface area contributed by atoms with E-state index in [1.165, 1.54) is 0 Å². The van der Waals surface area contributed by atoms with Gasteiger partial charge in [0, 0.05) is 12.5 Å². The molecule has 1 spiro atoms. The summed E-state index contributed by atoms with van der Waals surface area (Å²) in [5.74, 6) is 1.27. The first-order chi connectivity index (χ1) is 10.2. The van der Waals surface area contributed by atoms with Crippen molar-refractivity contribution >= 4 is 0 Å². The summed E-state index contributed by atoms with van der Waals surface area (Å²) in [6.07, 6.45) is 2.94. The van der Waals surface area contributed by atoms with E-state index in [0.29, 0.717) is 23.7 Å². The first kappa shape index (κ1) is 14.2. The molecule has 2 fully saturated rings. The molecule has 1 N–H and O–H groups in total. The molecule has 1 aromatic rings. The molecule has 1 aromatic carbocycles. The Bertz CT molecular complexity index is 547. The number of hydrogen-bond donors (Lipinski definition) is 1. The Kier molecular flexibility index (Phi) is 4.00. The molecule has 2 saturated heterocycles. The van der Waals surface area contributed by atoms with Gasteiger partial charge in [-0.25, -0.2) is 0 Å². The van der Waals surface area contributed by atoms with Crippen molar-refractivity contribution in [3.63, 3.8) is 0 Å². The van der Waals surface area contributed by atoms with Gasteiger partial charge in [0.1, 0.15) is 23.7 Å². The topological polar surface area (TPSA) is 63.5 Å². The van der Waals surface area contributed by atoms with Crippen molar-refractivity contribution in [2.24, 2.45) is 0 Å². The van der Waals surface area contributed by atoms with Crippen molar-refractivity contribution in [2.75, 3.05) is 26.8 Å². The minimum Gasteiger partial charge on any atom is -0.497 e. The monoisotopic (exact) mass is 288 g/mol. The minimum absolute atomic E-state index is 0.00214. The highest BCUT2D eigenvalue weighted by molar-refractivity contribution is 5.47. The summed E-state index contributed by atoms with van der Waals surface area (Å²) in [5, 5.41) is 12.5. The lowest BCUT2D eigenvalue weighted by Gasteiger charge is -2.32. The van der Waals surface area contributed by atoms with Crippen LogP contribution in [0.25, 0.3) is 0 Å². The average Bonchev–Trinajstić information content (AvgIpc) is 2.90. The summed E-state index contributed by atoms with van der Waals surface area (Å²) in [5.41, 5.74) is 0.490. The molecule has 2 heterocycles. The molecule has 0 radical (unpaired) electrons. The molecule has 5 nitrogen and oxygen atoms in total. The van der Waals surface area contributed by atoms with Gasteiger partial charge in [0.25, 0.3) is 0 Å². The smallest absolute Gasteiger partial charge is 0.141 e. The van der Waals surface area contributed by atoms with Gasteiger partial charge < -0.3 is 19.5 Å². The Balaban J connectivity index is 1.71. The number of ether oxygens (including phenoxy) is 3. The van der Waals surface area contributed by atoms with E-state index in [1.807, 2.05) is 0 Å². The predicted octanol–water partition coefficient (Wildman–Crippen LogP) is 1.86. The van der Waals surface area contributed by atoms with E-state index in [-0.39, 0.29) is 11.7 Å². The summed E-state index contributed by atoms with van der Waals surface area (Å²) in [6, 6.07) is 7.43. The molecule has 0 bridgehead atoms. The van der Waals surface area contributed by atoms with Gasteiger partial charge in [-0.3, -0.25) is 0 Å². The molecular formula is C16H20N2O3. The molecule has 0 saturated carbocycles. The molecule has 0 aliphatic carbocycles. The fourth-order valence-electron chi connectivity index (χ4n) is 3.11. The normalized spacial score (nSPS) is 23.7. The average molecular weight is 288 g/mol. The molecule has 0 amide bonds. The molecule has 1 atom stereocenters. The number of piperidine rings is 1. The van der Waals surface area contributed by atoms with E-state index in [2.05, 4.69) is 11.4 Å². The van der Waals surface area contributed by atoms with Crippen LogP contribution in [0.3, 0.4) is 0 Å². The van der Waals surface area contributed by atoms with Gasteiger partial charge in [-0.2, -0.15) is 5.26 Å². The fourth-order valence-corrected chi connectivity index (χ4v) is 3.11. The zero-order valence-corrected chi connectivity index (χ0v) is 12.2. The maximum absolute atomic E-state index is 9.19. The van der Waals surface area contributed by atoms with Crippen LogP contribution in [0.4, 0.5) is 0 Å². The molecule has 1 unspecified atom stereocenters. The van der Waals surface area contributed by atoms with Crippen molar-refractivity contribution in [1.82, 2.24) is 5.32 Å². The minimum atomic E-state index is -0.0401. The van der Waals surface area contributed by atoms with E-state index in [1.54, 1.807) is 25.3 Å². The number of methoxy groups -OCH3 is 1. The van der Waals surface area contributed by atoms with Gasteiger partial charge in [0.2, 0.25) is 0 Å². The largest absolute Gasteiger partial charge is 0.497 e. The summed E-state index contributed by atoms with van der Waals surface area (Å²) >= 11 is 0. The highest BCUT2D eigenvalue weighted by atomic mass is 16.6. The van der Waals surface area contributed by atoms with Crippen LogP contribution in [0, 0.1) is 11.3 Å². The van der Waals surface area contributed by atoms with Gasteiger partial charge in [0.05, 0.1) is 24.9 Å². The van der Waals surface area contributed by atoms with Crippen LogP contribution in [-0.2, 0) is 4.74 Å². The molecule has 5 heteroatoms. The Morgan fingerprint density at radius 3 is 2.90 bits per heavy atom. The van der Waals surface area contributed by atoms with Gasteiger partial charge in [-0.1, -0.05) is 0 Å². The van der Waals surface area contributed by atoms with Crippen LogP contribution in [0.2, 0.25) is 0 Å². The second-order valence-electron chi connectivity index (χ2n) is 5.66. The lowest BCUT2D eigenvalue weighted by molar-refractivity contribution is -0.0205. The first-order valence-electron chi connectivity index (χ1n) is 7.34. The van der Waals surface area contributed by atoms with Gasteiger partial charge in [0.15, 0.2) is 0 Å². The van der Waals surface area contributed by atoms with Crippen LogP contribution in [-0.4, -0.2) is 38.5 Å². The van der Waals surface area contributed by atoms with Crippen LogP contribution >= 0.6 is 0 Å². The third-order valence-corrected chi connectivity index (χ3v) is 4.29. The van der Waals surface area contributed by atoms with Crippen molar-refractivity contribution in [3.05, 3.63) is 23.8 Å². The predicted molar refractivity (Wildman–Crippen MR) is 77.5 cm³/mol. The number of nitrogens with one attached hydrogen (secondary N) is 1. The molecule has 3 rings (SSSR count). The fraction of sp³-hybridized carbons (Fsp3) is 0.562. The lowest BCUT2D eigenvalue weighted by Crippen LogP contribution is -2.41. The Morgan fingerprint density at radius 2 is 2.19 bits per heavy atom. The molecule has 2 aliphatic heterocycles. The van der Waals surface area contributed by atoms with E-state index in [4.69, 9.17) is 14.2 Å². The number of benzene rings is 1. The first-order valence-corrected chi connectivity index (χ1v) is 7.34. The summed E-state index contributed by atoms with van der Waals surface area (Å²) < 4.78 is 17.2. The van der Waals surface area contributed by atoms with Crippen molar-refractivity contribution in [3.8, 4) is 17.6 Å². The number of rotatable bonds is 3. The van der Waals surface area contributed by atoms with E-state index in [0.717, 1.165) is 32.4 Å². The standard InChI is InChI=1S/C16H20N2O3/c1-19-13-3-2-12(10-17)15(8-13)21-14-9-16(20-11-14)4-6-18-7-5-16/h2-3,8,14,18H,4-7,9,11H2,1H3. The highest BCUT2D eigenvalue weighted by Crippen LogP contribution is 2.36. The maximum Gasteiger partial charge on any atom is 0.141 e. The van der Waals surface area contributed by atoms with Gasteiger partial charge in [-0.15, -0.1) is 0 Å². The SMILES string of the molecule is COc1ccc(C#N)c(OC2COC3(CCNCC3)C2)c1. The molecule has 21 heavy (non-hydrogen) atoms. The maximum atomic E-state index is 9.19. The second-order valence-corrected chi connectivity index (χ2v) is 5.66. The second kappa shape index (κ2) is 5.92. The summed E-state index contributed by atoms with van der Waals surface area (Å²) in [4.78, 5) is 0. The van der Waals surface area contributed by atoms with E-state index >= 15 is 0 Å². The third kappa shape index (κ3) is 2.97. The quantitative estimate of drug-likeness (QED) is 0.919. The van der Waals surface area contributed by atoms with Crippen LogP contribution in [0.1, 0.15) is 24.8 Å². The molecule has 2 aliphatic rings. The van der Waals surface area contributed by atoms with E-state index in [9.17, 15) is 5.26 Å². The van der Waals surface area contributed by atoms with Crippen molar-refractivity contribution in [1.29, 1.82) is 5.26 Å². The summed E-state index contributed by atoms with van der Waals surface area (Å²) in [6.45, 7) is 2.58. The Labute approximate surface area is 124 Å². The zero-order valence-electron chi connectivity index (χ0n) is 12.2. The summed E-state index contributed by atoms with van der Waals surface area (Å²) in [7, 11) is 1.61. The molecule has 112 valence electrons. The lowest BCUT2D eigenvalue weighted by atomic mass is 9.89. The van der Waals surface area contributed by atoms with Crippen molar-refractivity contribution < 1.29 is 14.2 Å². The molecule has 0 aromatic heterocycles. The zero-order chi connectivity index (χ0) is 14.7. The van der Waals surface area contributed by atoms with Gasteiger partial charge in [-0.05, 0) is 38.1 Å². The Hall–Kier alpha value is -1.77. The van der Waals surface area contributed by atoms with E-state index < -0.39 is 0 Å². The Morgan fingerprint density at radius 1 is 1.38 bits per heavy atom. The number of nitrogens with zero attached hydrogens (tertiary/aromatic N) is 1. The van der Waals surface area contributed by atoms with Crippen LogP contribution in [0.5, 0.6) is 11.5 Å². The van der Waals surface area contributed by atoms with Crippen molar-refractivity contribution in [2.45, 2.75) is 31.0 Å². The number of hydrogen-bond acceptors (Lipinski definition) is 5. The highest BCUT2D eigenvalue weighted by Gasteiger charge is 2.42. The van der Waals surface area contributed by atoms with Crippen LogP contribution < -0.4 is 14.8 Å². The third-order valence-electron chi connectivity index (χ3n) is 4.29. The van der Waals surface area contributed by atoms with Gasteiger partial charge >= 0.3 is 0 Å². The molecular weight excluding hydrogens is 268 g/mol. The number of nitriles is 1.